The van der Waals surface area contributed by atoms with Crippen molar-refractivity contribution in [2.24, 2.45) is 5.11 Å². The van der Waals surface area contributed by atoms with Crippen LogP contribution < -0.4 is 0 Å². The molecule has 0 aliphatic carbocycles. The van der Waals surface area contributed by atoms with E-state index in [0.717, 1.165) is 39.8 Å². The summed E-state index contributed by atoms with van der Waals surface area (Å²) in [6.45, 7) is 4.76. The Bertz CT molecular complexity index is 3320. The van der Waals surface area contributed by atoms with Crippen LogP contribution in [-0.4, -0.2) is 149 Å². The van der Waals surface area contributed by atoms with E-state index in [9.17, 15) is 19.2 Å². The second kappa shape index (κ2) is 39.4. The molecule has 23 nitrogen and oxygen atoms in total. The molecule has 23 heteroatoms. The number of esters is 4. The molecule has 3 aliphatic heterocycles. The molecule has 0 radical (unpaired) electrons. The van der Waals surface area contributed by atoms with Crippen molar-refractivity contribution in [1.29, 1.82) is 0 Å². The van der Waals surface area contributed by atoms with Gasteiger partial charge >= 0.3 is 23.9 Å². The zero-order valence-electron chi connectivity index (χ0n) is 55.1. The van der Waals surface area contributed by atoms with Crippen molar-refractivity contribution in [3.05, 3.63) is 226 Å². The van der Waals surface area contributed by atoms with E-state index in [0.29, 0.717) is 25.8 Å². The first-order valence-corrected chi connectivity index (χ1v) is 32.8. The van der Waals surface area contributed by atoms with Gasteiger partial charge in [0.05, 0.1) is 46.2 Å². The van der Waals surface area contributed by atoms with Crippen LogP contribution in [0.15, 0.2) is 187 Å². The molecule has 15 atom stereocenters. The van der Waals surface area contributed by atoms with Gasteiger partial charge in [-0.1, -0.05) is 200 Å². The molecule has 0 aromatic heterocycles. The molecule has 97 heavy (non-hydrogen) atoms. The zero-order valence-corrected chi connectivity index (χ0v) is 55.1. The fraction of sp³-hybridized carbons (Fsp3) is 0.459. The van der Waals surface area contributed by atoms with Gasteiger partial charge in [-0.2, -0.15) is 0 Å². The van der Waals surface area contributed by atoms with Crippen molar-refractivity contribution in [2.75, 3.05) is 33.0 Å². The summed E-state index contributed by atoms with van der Waals surface area (Å²) in [6.07, 6.45) is -15.7. The number of nitrogens with zero attached hydrogens (tertiary/aromatic N) is 3. The number of carbonyl (C=O) groups is 4. The standard InChI is InChI=1S/C74H87N3O20/c1-50(78)83-47-60-63(85-41-54-27-13-7-14-28-54)66(88-44-57-33-19-10-20-34-57)69(92-52(3)80)73(95-60)91-49-62-65(87-43-56-31-17-9-18-32-56)67(89-45-58-35-21-11-22-36-58)70(72(94-62)82-40-26-6-5-25-39-76-77-75)97-74-71(93-53(4)81)68(90-46-59-37-23-12-24-38-59)64(61(96-74)48-84-51(2)79)86-42-55-29-15-8-16-30-55/h7-24,27-38,60-74H,5-6,25-26,39-49H2,1-4H3/t60-,61-,62-,63-,64-,65-,66+,67+,68+,69+,70+,71+,72+,73+,74-/m1/s1. The molecule has 3 fully saturated rings. The molecule has 6 aromatic carbocycles. The van der Waals surface area contributed by atoms with E-state index in [1.54, 1.807) is 0 Å². The zero-order chi connectivity index (χ0) is 68.0. The number of rotatable bonds is 37. The maximum Gasteiger partial charge on any atom is 0.303 e. The highest BCUT2D eigenvalue weighted by Gasteiger charge is 2.57. The van der Waals surface area contributed by atoms with Crippen LogP contribution in [0.2, 0.25) is 0 Å². The van der Waals surface area contributed by atoms with Gasteiger partial charge in [0.25, 0.3) is 0 Å². The predicted molar refractivity (Wildman–Crippen MR) is 350 cm³/mol. The normalized spacial score (nSPS) is 25.4. The maximum atomic E-state index is 13.6. The summed E-state index contributed by atoms with van der Waals surface area (Å²) in [5.74, 6) is -2.55. The molecule has 0 saturated carbocycles. The van der Waals surface area contributed by atoms with Crippen LogP contribution >= 0.6 is 0 Å². The molecule has 0 spiro atoms. The second-order valence-corrected chi connectivity index (χ2v) is 23.6. The summed E-state index contributed by atoms with van der Waals surface area (Å²) in [5, 5.41) is 3.70. The second-order valence-electron chi connectivity index (χ2n) is 23.6. The highest BCUT2D eigenvalue weighted by Crippen LogP contribution is 2.38. The predicted octanol–water partition coefficient (Wildman–Crippen LogP) is 11.0. The Balaban J connectivity index is 1.12. The number of hydrogen-bond acceptors (Lipinski definition) is 21. The van der Waals surface area contributed by atoms with Gasteiger partial charge in [-0.3, -0.25) is 19.2 Å². The Morgan fingerprint density at radius 1 is 0.351 bits per heavy atom. The third-order valence-corrected chi connectivity index (χ3v) is 16.2. The number of hydrogen-bond donors (Lipinski definition) is 0. The molecule has 6 aromatic rings. The minimum Gasteiger partial charge on any atom is -0.463 e. The largest absolute Gasteiger partial charge is 0.463 e. The van der Waals surface area contributed by atoms with Gasteiger partial charge in [-0.05, 0) is 51.8 Å². The van der Waals surface area contributed by atoms with E-state index >= 15 is 0 Å². The summed E-state index contributed by atoms with van der Waals surface area (Å²) in [5.41, 5.74) is 13.8. The number of unbranched alkanes of at least 4 members (excludes halogenated alkanes) is 3. The van der Waals surface area contributed by atoms with Crippen molar-refractivity contribution < 1.29 is 95.0 Å². The van der Waals surface area contributed by atoms with E-state index in [-0.39, 0.29) is 66.1 Å². The van der Waals surface area contributed by atoms with Crippen LogP contribution in [0.3, 0.4) is 0 Å². The molecule has 0 amide bonds. The van der Waals surface area contributed by atoms with Crippen LogP contribution in [0, 0.1) is 0 Å². The Labute approximate surface area is 565 Å². The Hall–Kier alpha value is -7.97. The van der Waals surface area contributed by atoms with E-state index in [4.69, 9.17) is 81.3 Å². The van der Waals surface area contributed by atoms with Crippen molar-refractivity contribution in [3.63, 3.8) is 0 Å². The Morgan fingerprint density at radius 3 is 1.01 bits per heavy atom. The van der Waals surface area contributed by atoms with Crippen LogP contribution in [0.25, 0.3) is 10.4 Å². The van der Waals surface area contributed by atoms with Gasteiger partial charge in [0.1, 0.15) is 74.3 Å². The van der Waals surface area contributed by atoms with Crippen molar-refractivity contribution in [2.45, 2.75) is 185 Å². The number of azide groups is 1. The van der Waals surface area contributed by atoms with Crippen LogP contribution in [0.1, 0.15) is 86.8 Å². The molecular formula is C74H87N3O20. The van der Waals surface area contributed by atoms with Crippen LogP contribution in [-0.2, 0) is 135 Å². The fourth-order valence-electron chi connectivity index (χ4n) is 11.6. The van der Waals surface area contributed by atoms with E-state index < -0.39 is 116 Å². The molecular weight excluding hydrogens is 1250 g/mol. The third-order valence-electron chi connectivity index (χ3n) is 16.2. The highest BCUT2D eigenvalue weighted by molar-refractivity contribution is 5.67. The number of benzene rings is 6. The SMILES string of the molecule is CC(=O)OC[C@H]1O[C@H](OC[C@H]2O[C@H](OCCCCCCN=[N+]=[N-])[C@@H](O[C@H]3O[C@H](COC(C)=O)[C@@H](OCc4ccccc4)[C@H](OCc4ccccc4)[C@@H]3OC(C)=O)[C@@H](OCc3ccccc3)[C@@H]2OCc2ccccc2)[C@@H](OC(C)=O)[C@@H](OCc2ccccc2)[C@@H]1OCc1ccccc1. The van der Waals surface area contributed by atoms with E-state index in [2.05, 4.69) is 10.0 Å². The Morgan fingerprint density at radius 2 is 0.660 bits per heavy atom. The topological polar surface area (TPSA) is 265 Å². The molecule has 3 heterocycles. The summed E-state index contributed by atoms with van der Waals surface area (Å²) in [7, 11) is 0. The van der Waals surface area contributed by atoms with Crippen LogP contribution in [0.5, 0.6) is 0 Å². The number of ether oxygens (including phenoxy) is 16. The lowest BCUT2D eigenvalue weighted by atomic mass is 9.95. The molecule has 0 N–H and O–H groups in total. The summed E-state index contributed by atoms with van der Waals surface area (Å²) in [6, 6.07) is 56.7. The van der Waals surface area contributed by atoms with E-state index in [1.165, 1.54) is 27.7 Å². The van der Waals surface area contributed by atoms with Crippen molar-refractivity contribution >= 4 is 23.9 Å². The first-order chi connectivity index (χ1) is 47.4. The Kier molecular flexibility index (Phi) is 29.8. The minimum atomic E-state index is -1.55. The van der Waals surface area contributed by atoms with E-state index in [1.807, 2.05) is 182 Å². The summed E-state index contributed by atoms with van der Waals surface area (Å²) >= 11 is 0. The minimum absolute atomic E-state index is 0.00286. The first-order valence-electron chi connectivity index (χ1n) is 32.8. The van der Waals surface area contributed by atoms with Crippen molar-refractivity contribution in [1.82, 2.24) is 0 Å². The first kappa shape index (κ1) is 73.3. The average molecular weight is 1340 g/mol. The summed E-state index contributed by atoms with van der Waals surface area (Å²) in [4.78, 5) is 55.4. The molecule has 3 aliphatic rings. The monoisotopic (exact) mass is 1340 g/mol. The number of carbonyl (C=O) groups excluding carboxylic acids is 4. The lowest BCUT2D eigenvalue weighted by Gasteiger charge is -2.50. The highest BCUT2D eigenvalue weighted by atomic mass is 16.8. The lowest BCUT2D eigenvalue weighted by molar-refractivity contribution is -0.383. The third kappa shape index (κ3) is 23.4. The smallest absolute Gasteiger partial charge is 0.303 e. The van der Waals surface area contributed by atoms with Gasteiger partial charge in [0, 0.05) is 45.8 Å². The molecule has 3 saturated heterocycles. The van der Waals surface area contributed by atoms with Gasteiger partial charge in [-0.15, -0.1) is 0 Å². The summed E-state index contributed by atoms with van der Waals surface area (Å²) < 4.78 is 107. The molecule has 518 valence electrons. The molecule has 0 bridgehead atoms. The molecule has 0 unspecified atom stereocenters. The average Bonchev–Trinajstić information content (AvgIpc) is 0.781. The lowest BCUT2D eigenvalue weighted by Crippen LogP contribution is -2.67. The van der Waals surface area contributed by atoms with Gasteiger partial charge in [-0.25, -0.2) is 0 Å². The van der Waals surface area contributed by atoms with Gasteiger partial charge < -0.3 is 75.8 Å². The maximum absolute atomic E-state index is 13.6. The van der Waals surface area contributed by atoms with Crippen LogP contribution in [0.4, 0.5) is 0 Å². The van der Waals surface area contributed by atoms with Gasteiger partial charge in [0.2, 0.25) is 0 Å². The van der Waals surface area contributed by atoms with Crippen molar-refractivity contribution in [3.8, 4) is 0 Å². The fourth-order valence-corrected chi connectivity index (χ4v) is 11.6. The van der Waals surface area contributed by atoms with Gasteiger partial charge in [0.15, 0.2) is 31.1 Å². The quantitative estimate of drug-likeness (QED) is 0.00876. The molecule has 9 rings (SSSR count).